The van der Waals surface area contributed by atoms with Crippen molar-refractivity contribution in [1.29, 1.82) is 0 Å². The minimum atomic E-state index is -5.19. The molecule has 2 aliphatic heterocycles. The Morgan fingerprint density at radius 3 is 1.61 bits per heavy atom. The van der Waals surface area contributed by atoms with E-state index in [1.807, 2.05) is 4.98 Å². The molecule has 2 saturated heterocycles. The van der Waals surface area contributed by atoms with Gasteiger partial charge in [0.2, 0.25) is 12.4 Å². The summed E-state index contributed by atoms with van der Waals surface area (Å²) in [6, 6.07) is 31.0. The van der Waals surface area contributed by atoms with Crippen LogP contribution in [0.1, 0.15) is 61.0 Å². The van der Waals surface area contributed by atoms with E-state index in [-0.39, 0.29) is 28.7 Å². The number of aromatic amines is 1. The lowest BCUT2D eigenvalue weighted by Gasteiger charge is -2.43. The zero-order valence-electron chi connectivity index (χ0n) is 36.1. The highest BCUT2D eigenvalue weighted by atomic mass is 32.2. The van der Waals surface area contributed by atoms with Crippen molar-refractivity contribution in [3.63, 3.8) is 0 Å². The van der Waals surface area contributed by atoms with E-state index in [0.29, 0.717) is 0 Å². The van der Waals surface area contributed by atoms with Gasteiger partial charge >= 0.3 is 51.9 Å². The molecule has 1 amide bonds. The Balaban J connectivity index is 1.18. The Hall–Kier alpha value is -7.99. The van der Waals surface area contributed by atoms with E-state index in [2.05, 4.69) is 0 Å². The fourth-order valence-corrected chi connectivity index (χ4v) is 7.68. The third-order valence-electron chi connectivity index (χ3n) is 10.2. The molecule has 2 fully saturated rings. The Labute approximate surface area is 391 Å². The Morgan fingerprint density at radius 2 is 1.10 bits per heavy atom. The van der Waals surface area contributed by atoms with E-state index >= 15 is 0 Å². The predicted octanol–water partition coefficient (Wildman–Crippen LogP) is 3.00. The topological polar surface area (TPSA) is 287 Å². The monoisotopic (exact) mass is 971 g/mol. The lowest BCUT2D eigenvalue weighted by atomic mass is 9.97. The second kappa shape index (κ2) is 22.2. The van der Waals surface area contributed by atoms with Gasteiger partial charge in [0.15, 0.2) is 12.2 Å². The van der Waals surface area contributed by atoms with Crippen molar-refractivity contribution in [3.05, 3.63) is 177 Å². The number of hydrogen-bond acceptors (Lipinski definition) is 19. The van der Waals surface area contributed by atoms with E-state index in [4.69, 9.17) is 42.1 Å². The third-order valence-corrected chi connectivity index (χ3v) is 11.1. The lowest BCUT2D eigenvalue weighted by Crippen LogP contribution is -2.63. The van der Waals surface area contributed by atoms with E-state index < -0.39 is 120 Å². The maximum atomic E-state index is 13.9. The van der Waals surface area contributed by atoms with Crippen molar-refractivity contribution in [3.8, 4) is 0 Å². The van der Waals surface area contributed by atoms with Crippen LogP contribution < -0.4 is 16.0 Å². The maximum absolute atomic E-state index is 13.9. The summed E-state index contributed by atoms with van der Waals surface area (Å²) in [4.78, 5) is 106. The van der Waals surface area contributed by atoms with Crippen LogP contribution in [0, 0.1) is 0 Å². The molecule has 360 valence electrons. The van der Waals surface area contributed by atoms with Crippen LogP contribution in [0.15, 0.2) is 143 Å². The summed E-state index contributed by atoms with van der Waals surface area (Å²) in [7, 11) is -5.19. The number of rotatable bonds is 16. The zero-order chi connectivity index (χ0) is 49.1. The first kappa shape index (κ1) is 48.9. The number of H-pyrrole nitrogens is 1. The molecule has 1 aromatic heterocycles. The normalized spacial score (nSPS) is 22.0. The molecule has 8 atom stereocenters. The molecule has 0 saturated carbocycles. The van der Waals surface area contributed by atoms with Crippen molar-refractivity contribution in [2.75, 3.05) is 13.2 Å². The summed E-state index contributed by atoms with van der Waals surface area (Å²) in [6.07, 6.45) is -14.4. The number of ether oxygens (including phenoxy) is 8. The first-order chi connectivity index (χ1) is 33.1. The van der Waals surface area contributed by atoms with Crippen molar-refractivity contribution in [1.82, 2.24) is 14.3 Å². The molecule has 0 aliphatic carbocycles. The van der Waals surface area contributed by atoms with Crippen LogP contribution in [-0.2, 0) is 57.2 Å². The average Bonchev–Trinajstić information content (AvgIpc) is 3.73. The van der Waals surface area contributed by atoms with Crippen LogP contribution in [0.3, 0.4) is 0 Å². The van der Waals surface area contributed by atoms with Crippen LogP contribution in [0.25, 0.3) is 0 Å². The number of carbonyl (C=O) groups excluding carboxylic acids is 6. The summed E-state index contributed by atoms with van der Waals surface area (Å²) in [5.74, 6) is -4.84. The molecule has 7 rings (SSSR count). The molecule has 2 N–H and O–H groups in total. The fraction of sp³-hybridized carbons (Fsp3) is 0.261. The fourth-order valence-electron chi connectivity index (χ4n) is 7.05. The van der Waals surface area contributed by atoms with Crippen molar-refractivity contribution in [2.24, 2.45) is 0 Å². The molecule has 5 aromatic rings. The number of benzene rings is 4. The van der Waals surface area contributed by atoms with Gasteiger partial charge < -0.3 is 37.9 Å². The number of amides is 1. The number of esters is 5. The van der Waals surface area contributed by atoms with E-state index in [1.54, 1.807) is 36.4 Å². The number of hydrogen-bond donors (Lipinski definition) is 2. The smallest absolute Gasteiger partial charge is 0.425 e. The summed E-state index contributed by atoms with van der Waals surface area (Å²) in [6.45, 7) is -0.629. The predicted molar refractivity (Wildman–Crippen MR) is 232 cm³/mol. The summed E-state index contributed by atoms with van der Waals surface area (Å²) in [5, 5.41) is 0. The number of nitrogens with zero attached hydrogens (tertiary/aromatic N) is 1. The SMILES string of the molecule is CC(=O)O[C@H]1C[C@H](n2ccc(=O)[nH]c2=O)O[C@@H]1COS(=O)(=O)NC(=O)O[C@H]1O[C@H](COC(=O)c2ccccc2)[C@@H](OC(=O)c2ccccc2)[C@H](OC(=O)c2ccccc2)[C@H]1OC(=O)c1ccccc1. The van der Waals surface area contributed by atoms with Gasteiger partial charge in [0.25, 0.3) is 5.56 Å². The van der Waals surface area contributed by atoms with Crippen LogP contribution in [-0.4, -0.2) is 110 Å². The number of nitrogens with one attached hydrogen (secondary N) is 2. The molecular formula is C46H41N3O19S. The van der Waals surface area contributed by atoms with E-state index in [9.17, 15) is 46.8 Å². The molecule has 0 radical (unpaired) electrons. The second-order valence-corrected chi connectivity index (χ2v) is 16.3. The van der Waals surface area contributed by atoms with Gasteiger partial charge in [-0.1, -0.05) is 72.8 Å². The highest BCUT2D eigenvalue weighted by molar-refractivity contribution is 7.85. The van der Waals surface area contributed by atoms with E-state index in [1.165, 1.54) is 89.7 Å². The Bertz CT molecular complexity index is 2860. The summed E-state index contributed by atoms with van der Waals surface area (Å²) >= 11 is 0. The largest absolute Gasteiger partial charge is 0.460 e. The molecule has 23 heteroatoms. The highest BCUT2D eigenvalue weighted by Crippen LogP contribution is 2.33. The third kappa shape index (κ3) is 12.9. The minimum absolute atomic E-state index is 0.00877. The second-order valence-electron chi connectivity index (χ2n) is 15.0. The molecule has 2 aliphatic rings. The molecule has 0 bridgehead atoms. The van der Waals surface area contributed by atoms with Gasteiger partial charge in [0, 0.05) is 25.6 Å². The van der Waals surface area contributed by atoms with Crippen LogP contribution >= 0.6 is 0 Å². The molecule has 0 spiro atoms. The lowest BCUT2D eigenvalue weighted by molar-refractivity contribution is -0.282. The van der Waals surface area contributed by atoms with Crippen LogP contribution in [0.2, 0.25) is 0 Å². The molecule has 69 heavy (non-hydrogen) atoms. The first-order valence-corrected chi connectivity index (χ1v) is 22.2. The number of aromatic nitrogens is 2. The summed E-state index contributed by atoms with van der Waals surface area (Å²) < 4.78 is 79.9. The molecule has 22 nitrogen and oxygen atoms in total. The van der Waals surface area contributed by atoms with Crippen LogP contribution in [0.5, 0.6) is 0 Å². The van der Waals surface area contributed by atoms with Crippen molar-refractivity contribution in [2.45, 2.75) is 62.5 Å². The Kier molecular flexibility index (Phi) is 15.7. The standard InChI is InChI=1S/C46H41N3O19S/c1-27(50)62-32-24-36(49-23-22-35(51)47-45(49)56)63-33(32)26-61-69(58,59)48-46(57)68-44-39(67-43(55)31-20-12-5-13-21-31)38(66-42(54)30-18-10-4-11-19-30)37(65-41(53)29-16-8-3-9-17-29)34(64-44)25-60-40(52)28-14-6-2-7-15-28/h2-23,32-34,36-39,44H,24-26H2,1H3,(H,48,57)(H,47,51,56)/t32-,33+,34+,36+,37+,38-,39+,44+/m0/s1. The molecule has 0 unspecified atom stereocenters. The molecule has 4 aromatic carbocycles. The molecular weight excluding hydrogens is 931 g/mol. The highest BCUT2D eigenvalue weighted by Gasteiger charge is 2.55. The molecule has 3 heterocycles. The van der Waals surface area contributed by atoms with E-state index in [0.717, 1.165) is 23.8 Å². The summed E-state index contributed by atoms with van der Waals surface area (Å²) in [5.41, 5.74) is -1.57. The van der Waals surface area contributed by atoms with Crippen LogP contribution in [0.4, 0.5) is 4.79 Å². The zero-order valence-corrected chi connectivity index (χ0v) is 36.9. The van der Waals surface area contributed by atoms with Gasteiger partial charge in [-0.2, -0.15) is 13.1 Å². The quantitative estimate of drug-likeness (QED) is 0.106. The van der Waals surface area contributed by atoms with Gasteiger partial charge in [-0.05, 0) is 48.5 Å². The van der Waals surface area contributed by atoms with Gasteiger partial charge in [0.05, 0.1) is 28.9 Å². The first-order valence-electron chi connectivity index (χ1n) is 20.8. The maximum Gasteiger partial charge on any atom is 0.425 e. The minimum Gasteiger partial charge on any atom is -0.460 e. The van der Waals surface area contributed by atoms with Gasteiger partial charge in [-0.15, -0.1) is 0 Å². The van der Waals surface area contributed by atoms with Gasteiger partial charge in [-0.3, -0.25) is 23.3 Å². The van der Waals surface area contributed by atoms with Crippen molar-refractivity contribution < 1.29 is 79.3 Å². The Morgan fingerprint density at radius 1 is 0.609 bits per heavy atom. The van der Waals surface area contributed by atoms with Crippen molar-refractivity contribution >= 4 is 46.2 Å². The average molecular weight is 972 g/mol. The van der Waals surface area contributed by atoms with Gasteiger partial charge in [-0.25, -0.2) is 28.8 Å². The van der Waals surface area contributed by atoms with Gasteiger partial charge in [0.1, 0.15) is 31.1 Å². The number of carbonyl (C=O) groups is 6.